The average Bonchev–Trinajstić information content (AvgIpc) is 3.01. The van der Waals surface area contributed by atoms with Crippen molar-refractivity contribution >= 4 is 0 Å². The predicted octanol–water partition coefficient (Wildman–Crippen LogP) is 6.40. The average molecular weight is 342 g/mol. The standard InChI is InChI=1S/C27H18/c1-3-9-19-17(7-1)15-27-16-18-8-2-4-10-20(18)22-12-6-14-24(26(22)27)23-13-5-11-21(19)25(23)27/h1-14H,15-16H2. The molecule has 0 heterocycles. The van der Waals surface area contributed by atoms with Crippen molar-refractivity contribution in [3.8, 4) is 33.4 Å². The van der Waals surface area contributed by atoms with Gasteiger partial charge in [0.05, 0.1) is 0 Å². The van der Waals surface area contributed by atoms with Crippen molar-refractivity contribution < 1.29 is 0 Å². The lowest BCUT2D eigenvalue weighted by atomic mass is 9.60. The van der Waals surface area contributed by atoms with Crippen LogP contribution in [0.15, 0.2) is 84.9 Å². The molecule has 0 heteroatoms. The second-order valence-electron chi connectivity index (χ2n) is 8.21. The van der Waals surface area contributed by atoms with Crippen LogP contribution in [0.1, 0.15) is 22.3 Å². The molecule has 7 rings (SSSR count). The molecule has 0 radical (unpaired) electrons. The van der Waals surface area contributed by atoms with E-state index < -0.39 is 0 Å². The fraction of sp³-hybridized carbons (Fsp3) is 0.111. The monoisotopic (exact) mass is 342 g/mol. The van der Waals surface area contributed by atoms with Crippen molar-refractivity contribution in [2.24, 2.45) is 0 Å². The van der Waals surface area contributed by atoms with Gasteiger partial charge in [-0.1, -0.05) is 84.9 Å². The van der Waals surface area contributed by atoms with E-state index >= 15 is 0 Å². The van der Waals surface area contributed by atoms with Gasteiger partial charge in [0.2, 0.25) is 0 Å². The van der Waals surface area contributed by atoms with E-state index in [2.05, 4.69) is 84.9 Å². The molecule has 0 amide bonds. The van der Waals surface area contributed by atoms with E-state index in [9.17, 15) is 0 Å². The molecule has 0 unspecified atom stereocenters. The largest absolute Gasteiger partial charge is 0.0620 e. The molecule has 0 saturated carbocycles. The van der Waals surface area contributed by atoms with Crippen molar-refractivity contribution in [3.05, 3.63) is 107 Å². The zero-order chi connectivity index (χ0) is 17.6. The van der Waals surface area contributed by atoms with E-state index in [-0.39, 0.29) is 5.41 Å². The maximum Gasteiger partial charge on any atom is 0.0308 e. The molecule has 3 aliphatic rings. The van der Waals surface area contributed by atoms with Gasteiger partial charge < -0.3 is 0 Å². The highest BCUT2D eigenvalue weighted by molar-refractivity contribution is 5.97. The van der Waals surface area contributed by atoms with Gasteiger partial charge in [-0.05, 0) is 68.5 Å². The van der Waals surface area contributed by atoms with Crippen LogP contribution in [0.3, 0.4) is 0 Å². The minimum atomic E-state index is 0.0839. The first-order valence-corrected chi connectivity index (χ1v) is 9.81. The molecule has 0 N–H and O–H groups in total. The Morgan fingerprint density at radius 3 is 1.26 bits per heavy atom. The number of hydrogen-bond acceptors (Lipinski definition) is 0. The van der Waals surface area contributed by atoms with Gasteiger partial charge in [-0.15, -0.1) is 0 Å². The highest BCUT2D eigenvalue weighted by atomic mass is 14.5. The van der Waals surface area contributed by atoms with Crippen LogP contribution in [0.4, 0.5) is 0 Å². The van der Waals surface area contributed by atoms with Gasteiger partial charge in [0.1, 0.15) is 0 Å². The van der Waals surface area contributed by atoms with Crippen LogP contribution in [0.5, 0.6) is 0 Å². The zero-order valence-electron chi connectivity index (χ0n) is 15.0. The second kappa shape index (κ2) is 4.58. The topological polar surface area (TPSA) is 0 Å². The first-order chi connectivity index (χ1) is 13.4. The van der Waals surface area contributed by atoms with Crippen LogP contribution in [0, 0.1) is 0 Å². The van der Waals surface area contributed by atoms with Crippen molar-refractivity contribution in [1.29, 1.82) is 0 Å². The summed E-state index contributed by atoms with van der Waals surface area (Å²) in [5.41, 5.74) is 14.8. The minimum absolute atomic E-state index is 0.0839. The summed E-state index contributed by atoms with van der Waals surface area (Å²) in [7, 11) is 0. The third-order valence-corrected chi connectivity index (χ3v) is 6.98. The van der Waals surface area contributed by atoms with Crippen molar-refractivity contribution in [2.75, 3.05) is 0 Å². The Balaban J connectivity index is 1.68. The molecule has 0 bridgehead atoms. The fourth-order valence-corrected chi connectivity index (χ4v) is 6.10. The van der Waals surface area contributed by atoms with E-state index in [4.69, 9.17) is 0 Å². The maximum absolute atomic E-state index is 2.34. The van der Waals surface area contributed by atoms with Crippen LogP contribution < -0.4 is 0 Å². The Morgan fingerprint density at radius 1 is 0.407 bits per heavy atom. The summed E-state index contributed by atoms with van der Waals surface area (Å²) in [6.07, 6.45) is 2.21. The molecule has 0 aromatic heterocycles. The molecule has 0 aliphatic heterocycles. The Labute approximate surface area is 159 Å². The lowest BCUT2D eigenvalue weighted by Gasteiger charge is -2.42. The number of benzene rings is 4. The van der Waals surface area contributed by atoms with E-state index in [1.165, 1.54) is 44.5 Å². The van der Waals surface area contributed by atoms with Gasteiger partial charge in [-0.2, -0.15) is 0 Å². The Bertz CT molecular complexity index is 1170. The van der Waals surface area contributed by atoms with Gasteiger partial charge in [-0.3, -0.25) is 0 Å². The molecule has 0 fully saturated rings. The van der Waals surface area contributed by atoms with E-state index in [0.29, 0.717) is 0 Å². The van der Waals surface area contributed by atoms with E-state index in [1.807, 2.05) is 0 Å². The number of fused-ring (bicyclic) bond motifs is 5. The van der Waals surface area contributed by atoms with Crippen LogP contribution in [0.2, 0.25) is 0 Å². The fourth-order valence-electron chi connectivity index (χ4n) is 6.10. The summed E-state index contributed by atoms with van der Waals surface area (Å²) < 4.78 is 0. The van der Waals surface area contributed by atoms with Gasteiger partial charge in [0.25, 0.3) is 0 Å². The van der Waals surface area contributed by atoms with E-state index in [0.717, 1.165) is 12.8 Å². The first-order valence-electron chi connectivity index (χ1n) is 9.81. The van der Waals surface area contributed by atoms with Crippen LogP contribution in [0.25, 0.3) is 33.4 Å². The SMILES string of the molecule is c1ccc2c(c1)CC13Cc4ccccc4-c4cccc(c41)-c1cccc-2c13. The molecule has 126 valence electrons. The normalized spacial score (nSPS) is 16.1. The Kier molecular flexibility index (Phi) is 2.38. The molecule has 1 spiro atoms. The quantitative estimate of drug-likeness (QED) is 0.347. The van der Waals surface area contributed by atoms with E-state index in [1.54, 1.807) is 11.1 Å². The van der Waals surface area contributed by atoms with Gasteiger partial charge >= 0.3 is 0 Å². The molecule has 0 atom stereocenters. The molecule has 4 aromatic carbocycles. The summed E-state index contributed by atoms with van der Waals surface area (Å²) in [4.78, 5) is 0. The van der Waals surface area contributed by atoms with Gasteiger partial charge in [0, 0.05) is 5.41 Å². The summed E-state index contributed by atoms with van der Waals surface area (Å²) >= 11 is 0. The summed E-state index contributed by atoms with van der Waals surface area (Å²) in [5.74, 6) is 0. The highest BCUT2D eigenvalue weighted by Crippen LogP contribution is 2.62. The van der Waals surface area contributed by atoms with Crippen LogP contribution in [-0.4, -0.2) is 0 Å². The zero-order valence-corrected chi connectivity index (χ0v) is 15.0. The smallest absolute Gasteiger partial charge is 0.0308 e. The van der Waals surface area contributed by atoms with Crippen molar-refractivity contribution in [2.45, 2.75) is 18.3 Å². The predicted molar refractivity (Wildman–Crippen MR) is 111 cm³/mol. The summed E-state index contributed by atoms with van der Waals surface area (Å²) in [6.45, 7) is 0. The highest BCUT2D eigenvalue weighted by Gasteiger charge is 2.50. The van der Waals surface area contributed by atoms with Gasteiger partial charge in [0.15, 0.2) is 0 Å². The molecular weight excluding hydrogens is 324 g/mol. The van der Waals surface area contributed by atoms with Gasteiger partial charge in [-0.25, -0.2) is 0 Å². The lowest BCUT2D eigenvalue weighted by molar-refractivity contribution is 0.510. The Morgan fingerprint density at radius 2 is 0.778 bits per heavy atom. The summed E-state index contributed by atoms with van der Waals surface area (Å²) in [6, 6.07) is 31.9. The molecular formula is C27H18. The molecule has 27 heavy (non-hydrogen) atoms. The maximum atomic E-state index is 2.34. The van der Waals surface area contributed by atoms with Crippen LogP contribution >= 0.6 is 0 Å². The minimum Gasteiger partial charge on any atom is -0.0620 e. The second-order valence-corrected chi connectivity index (χ2v) is 8.21. The molecule has 4 aromatic rings. The van der Waals surface area contributed by atoms with Crippen molar-refractivity contribution in [3.63, 3.8) is 0 Å². The van der Waals surface area contributed by atoms with Crippen molar-refractivity contribution in [1.82, 2.24) is 0 Å². The Hall–Kier alpha value is -3.12. The first kappa shape index (κ1) is 14.0. The summed E-state index contributed by atoms with van der Waals surface area (Å²) in [5, 5.41) is 0. The lowest BCUT2D eigenvalue weighted by Crippen LogP contribution is -2.36. The third-order valence-electron chi connectivity index (χ3n) is 6.98. The molecule has 3 aliphatic carbocycles. The number of hydrogen-bond donors (Lipinski definition) is 0. The molecule has 0 nitrogen and oxygen atoms in total. The third kappa shape index (κ3) is 1.52. The molecule has 0 saturated heterocycles. The van der Waals surface area contributed by atoms with Crippen LogP contribution in [-0.2, 0) is 18.3 Å². The number of rotatable bonds is 0.